The molecule has 2 N–H and O–H groups in total. The number of hydrogen-bond donors (Lipinski definition) is 2. The van der Waals surface area contributed by atoms with Gasteiger partial charge in [0.2, 0.25) is 15.9 Å². The van der Waals surface area contributed by atoms with Gasteiger partial charge in [0, 0.05) is 31.0 Å². The maximum absolute atomic E-state index is 10.8. The Balaban J connectivity index is 2.26. The van der Waals surface area contributed by atoms with E-state index in [1.807, 2.05) is 6.07 Å². The van der Waals surface area contributed by atoms with Crippen LogP contribution in [0, 0.1) is 0 Å². The van der Waals surface area contributed by atoms with E-state index in [0.717, 1.165) is 11.9 Å². The van der Waals surface area contributed by atoms with Crippen LogP contribution >= 0.6 is 0 Å². The van der Waals surface area contributed by atoms with E-state index in [2.05, 4.69) is 15.0 Å². The summed E-state index contributed by atoms with van der Waals surface area (Å²) in [5.74, 6) is 0.546. The van der Waals surface area contributed by atoms with Gasteiger partial charge in [0.1, 0.15) is 0 Å². The Bertz CT molecular complexity index is 448. The topological polar surface area (TPSA) is 80.3 Å². The molecule has 0 spiro atoms. The van der Waals surface area contributed by atoms with Crippen molar-refractivity contribution in [1.29, 1.82) is 0 Å². The molecule has 1 heterocycles. The van der Waals surface area contributed by atoms with Gasteiger partial charge in [-0.1, -0.05) is 0 Å². The maximum Gasteiger partial charge on any atom is 0.214 e. The van der Waals surface area contributed by atoms with Gasteiger partial charge in [-0.25, -0.2) is 18.1 Å². The average molecular weight is 259 g/mol. The third kappa shape index (κ3) is 6.08. The van der Waals surface area contributed by atoms with Crippen LogP contribution in [0.5, 0.6) is 5.88 Å². The van der Waals surface area contributed by atoms with Crippen LogP contribution in [-0.4, -0.2) is 39.9 Å². The van der Waals surface area contributed by atoms with E-state index >= 15 is 0 Å². The summed E-state index contributed by atoms with van der Waals surface area (Å²) in [6, 6.07) is 3.61. The minimum atomic E-state index is -3.09. The van der Waals surface area contributed by atoms with E-state index in [4.69, 9.17) is 4.74 Å². The third-order valence-electron chi connectivity index (χ3n) is 1.99. The normalized spacial score (nSPS) is 11.2. The number of rotatable bonds is 7. The molecule has 1 aromatic rings. The lowest BCUT2D eigenvalue weighted by molar-refractivity contribution is 0.398. The standard InChI is InChI=1S/C10H17N3O3S/c1-16-10-8-9(4-7-12-10)11-5-3-6-13-17(2,14)15/h4,7-8,13H,3,5-6H2,1-2H3,(H,11,12). The van der Waals surface area contributed by atoms with Crippen LogP contribution in [0.15, 0.2) is 18.3 Å². The second kappa shape index (κ2) is 6.41. The number of hydrogen-bond acceptors (Lipinski definition) is 5. The molecule has 96 valence electrons. The number of methoxy groups -OCH3 is 1. The van der Waals surface area contributed by atoms with Crippen LogP contribution < -0.4 is 14.8 Å². The summed E-state index contributed by atoms with van der Waals surface area (Å²) >= 11 is 0. The Kier molecular flexibility index (Phi) is 5.17. The smallest absolute Gasteiger partial charge is 0.214 e. The molecule has 0 aromatic carbocycles. The van der Waals surface area contributed by atoms with Crippen molar-refractivity contribution in [1.82, 2.24) is 9.71 Å². The van der Waals surface area contributed by atoms with E-state index in [9.17, 15) is 8.42 Å². The summed E-state index contributed by atoms with van der Waals surface area (Å²) < 4.78 is 29.0. The van der Waals surface area contributed by atoms with Crippen LogP contribution in [0.25, 0.3) is 0 Å². The Morgan fingerprint density at radius 1 is 1.41 bits per heavy atom. The number of sulfonamides is 1. The first-order valence-corrected chi connectivity index (χ1v) is 7.09. The molecule has 1 aromatic heterocycles. The number of anilines is 1. The van der Waals surface area contributed by atoms with Crippen molar-refractivity contribution in [2.24, 2.45) is 0 Å². The fourth-order valence-corrected chi connectivity index (χ4v) is 1.72. The first kappa shape index (κ1) is 13.7. The summed E-state index contributed by atoms with van der Waals surface area (Å²) in [5.41, 5.74) is 0.899. The van der Waals surface area contributed by atoms with Gasteiger partial charge in [-0.3, -0.25) is 0 Å². The minimum Gasteiger partial charge on any atom is -0.481 e. The summed E-state index contributed by atoms with van der Waals surface area (Å²) in [7, 11) is -1.53. The summed E-state index contributed by atoms with van der Waals surface area (Å²) in [5, 5.41) is 3.15. The van der Waals surface area contributed by atoms with Gasteiger partial charge in [0.25, 0.3) is 0 Å². The van der Waals surface area contributed by atoms with Crippen molar-refractivity contribution < 1.29 is 13.2 Å². The van der Waals surface area contributed by atoms with Crippen molar-refractivity contribution in [2.75, 3.05) is 31.8 Å². The first-order chi connectivity index (χ1) is 8.01. The summed E-state index contributed by atoms with van der Waals surface area (Å²) in [6.45, 7) is 1.10. The van der Waals surface area contributed by atoms with Gasteiger partial charge in [0.05, 0.1) is 13.4 Å². The van der Waals surface area contributed by atoms with Crippen molar-refractivity contribution in [2.45, 2.75) is 6.42 Å². The predicted molar refractivity (Wildman–Crippen MR) is 66.7 cm³/mol. The predicted octanol–water partition coefficient (Wildman–Crippen LogP) is 0.441. The molecule has 0 saturated heterocycles. The molecule has 0 bridgehead atoms. The van der Waals surface area contributed by atoms with E-state index in [1.165, 1.54) is 0 Å². The van der Waals surface area contributed by atoms with Crippen LogP contribution in [0.1, 0.15) is 6.42 Å². The summed E-state index contributed by atoms with van der Waals surface area (Å²) in [6.07, 6.45) is 3.50. The Hall–Kier alpha value is -1.34. The van der Waals surface area contributed by atoms with Crippen molar-refractivity contribution in [3.8, 4) is 5.88 Å². The van der Waals surface area contributed by atoms with Crippen molar-refractivity contribution in [3.63, 3.8) is 0 Å². The number of ether oxygens (including phenoxy) is 1. The monoisotopic (exact) mass is 259 g/mol. The maximum atomic E-state index is 10.8. The molecular formula is C10H17N3O3S. The molecule has 0 atom stereocenters. The quantitative estimate of drug-likeness (QED) is 0.695. The number of aromatic nitrogens is 1. The molecule has 0 aliphatic heterocycles. The average Bonchev–Trinajstić information content (AvgIpc) is 2.27. The van der Waals surface area contributed by atoms with Gasteiger partial charge in [-0.2, -0.15) is 0 Å². The molecule has 0 unspecified atom stereocenters. The fourth-order valence-electron chi connectivity index (χ4n) is 1.21. The van der Waals surface area contributed by atoms with E-state index < -0.39 is 10.0 Å². The second-order valence-electron chi connectivity index (χ2n) is 3.53. The van der Waals surface area contributed by atoms with Gasteiger partial charge in [0.15, 0.2) is 0 Å². The molecule has 0 amide bonds. The van der Waals surface area contributed by atoms with Crippen LogP contribution in [0.2, 0.25) is 0 Å². The van der Waals surface area contributed by atoms with E-state index in [1.54, 1.807) is 19.4 Å². The highest BCUT2D eigenvalue weighted by Gasteiger charge is 1.99. The molecule has 0 aliphatic rings. The lowest BCUT2D eigenvalue weighted by atomic mass is 10.3. The van der Waals surface area contributed by atoms with E-state index in [-0.39, 0.29) is 0 Å². The molecule has 0 aliphatic carbocycles. The second-order valence-corrected chi connectivity index (χ2v) is 5.37. The zero-order chi connectivity index (χ0) is 12.7. The zero-order valence-corrected chi connectivity index (χ0v) is 10.8. The minimum absolute atomic E-state index is 0.425. The van der Waals surface area contributed by atoms with Gasteiger partial charge in [-0.05, 0) is 12.5 Å². The molecule has 0 fully saturated rings. The lowest BCUT2D eigenvalue weighted by Gasteiger charge is -2.07. The fraction of sp³-hybridized carbons (Fsp3) is 0.500. The number of pyridine rings is 1. The van der Waals surface area contributed by atoms with Crippen LogP contribution in [-0.2, 0) is 10.0 Å². The zero-order valence-electron chi connectivity index (χ0n) is 9.93. The van der Waals surface area contributed by atoms with Crippen LogP contribution in [0.4, 0.5) is 5.69 Å². The molecule has 17 heavy (non-hydrogen) atoms. The molecule has 7 heteroatoms. The van der Waals surface area contributed by atoms with Crippen molar-refractivity contribution in [3.05, 3.63) is 18.3 Å². The molecule has 0 saturated carbocycles. The Morgan fingerprint density at radius 3 is 2.82 bits per heavy atom. The Morgan fingerprint density at radius 2 is 2.18 bits per heavy atom. The number of nitrogens with one attached hydrogen (secondary N) is 2. The molecule has 6 nitrogen and oxygen atoms in total. The van der Waals surface area contributed by atoms with Gasteiger partial charge >= 0.3 is 0 Å². The van der Waals surface area contributed by atoms with Gasteiger partial charge in [-0.15, -0.1) is 0 Å². The van der Waals surface area contributed by atoms with Gasteiger partial charge < -0.3 is 10.1 Å². The highest BCUT2D eigenvalue weighted by atomic mass is 32.2. The first-order valence-electron chi connectivity index (χ1n) is 5.20. The molecule has 0 radical (unpaired) electrons. The molecule has 1 rings (SSSR count). The Labute approximate surface area is 101 Å². The largest absolute Gasteiger partial charge is 0.481 e. The number of nitrogens with zero attached hydrogens (tertiary/aromatic N) is 1. The highest BCUT2D eigenvalue weighted by molar-refractivity contribution is 7.88. The lowest BCUT2D eigenvalue weighted by Crippen LogP contribution is -2.24. The summed E-state index contributed by atoms with van der Waals surface area (Å²) in [4.78, 5) is 3.98. The third-order valence-corrected chi connectivity index (χ3v) is 2.72. The van der Waals surface area contributed by atoms with E-state index in [0.29, 0.717) is 25.4 Å². The highest BCUT2D eigenvalue weighted by Crippen LogP contribution is 2.12. The molecular weight excluding hydrogens is 242 g/mol. The SMILES string of the molecule is COc1cc(NCCCNS(C)(=O)=O)ccn1. The van der Waals surface area contributed by atoms with Crippen molar-refractivity contribution >= 4 is 15.7 Å². The van der Waals surface area contributed by atoms with Crippen LogP contribution in [0.3, 0.4) is 0 Å².